The maximum absolute atomic E-state index is 11.5. The molecule has 0 fully saturated rings. The van der Waals surface area contributed by atoms with Crippen molar-refractivity contribution >= 4 is 5.91 Å². The fourth-order valence-corrected chi connectivity index (χ4v) is 2.51. The standard InChI is InChI=1S/C19H24N2O2/c1-14(16-6-4-3-5-7-16)17-10-8-15(9-11-17)12-21-18(13-22)19(23)20-2/h3-11,14,18,21-22H,12-13H2,1-2H3,(H,20,23)/t14?,18-/m0/s1. The van der Waals surface area contributed by atoms with Crippen molar-refractivity contribution in [3.63, 3.8) is 0 Å². The molecule has 2 atom stereocenters. The molecule has 2 aromatic carbocycles. The monoisotopic (exact) mass is 312 g/mol. The summed E-state index contributed by atoms with van der Waals surface area (Å²) in [6, 6.07) is 18.2. The van der Waals surface area contributed by atoms with Gasteiger partial charge in [0.15, 0.2) is 0 Å². The van der Waals surface area contributed by atoms with E-state index in [2.05, 4.69) is 66.1 Å². The van der Waals surface area contributed by atoms with E-state index in [0.29, 0.717) is 12.5 Å². The second-order valence-electron chi connectivity index (χ2n) is 5.60. The van der Waals surface area contributed by atoms with Gasteiger partial charge in [0.2, 0.25) is 5.91 Å². The summed E-state index contributed by atoms with van der Waals surface area (Å²) in [7, 11) is 1.56. The minimum absolute atomic E-state index is 0.207. The van der Waals surface area contributed by atoms with Crippen molar-refractivity contribution < 1.29 is 9.90 Å². The maximum atomic E-state index is 11.5. The van der Waals surface area contributed by atoms with E-state index in [1.165, 1.54) is 11.1 Å². The molecule has 1 unspecified atom stereocenters. The van der Waals surface area contributed by atoms with Crippen molar-refractivity contribution in [2.45, 2.75) is 25.4 Å². The van der Waals surface area contributed by atoms with E-state index in [1.54, 1.807) is 7.05 Å². The zero-order valence-electron chi connectivity index (χ0n) is 13.6. The third-order valence-electron chi connectivity index (χ3n) is 4.08. The van der Waals surface area contributed by atoms with Crippen LogP contribution in [0.15, 0.2) is 54.6 Å². The average molecular weight is 312 g/mol. The van der Waals surface area contributed by atoms with Crippen LogP contribution in [0.25, 0.3) is 0 Å². The Bertz CT molecular complexity index is 611. The van der Waals surface area contributed by atoms with E-state index in [-0.39, 0.29) is 12.5 Å². The molecule has 0 aromatic heterocycles. The van der Waals surface area contributed by atoms with Gasteiger partial charge in [-0.15, -0.1) is 0 Å². The molecule has 0 aliphatic carbocycles. The van der Waals surface area contributed by atoms with Crippen molar-refractivity contribution in [3.05, 3.63) is 71.3 Å². The van der Waals surface area contributed by atoms with Gasteiger partial charge in [-0.2, -0.15) is 0 Å². The van der Waals surface area contributed by atoms with E-state index in [1.807, 2.05) is 6.07 Å². The molecule has 0 spiro atoms. The van der Waals surface area contributed by atoms with Crippen molar-refractivity contribution in [3.8, 4) is 0 Å². The third-order valence-corrected chi connectivity index (χ3v) is 4.08. The number of aliphatic hydroxyl groups excluding tert-OH is 1. The first-order valence-corrected chi connectivity index (χ1v) is 7.85. The van der Waals surface area contributed by atoms with Gasteiger partial charge in [0.05, 0.1) is 6.61 Å². The molecule has 0 radical (unpaired) electrons. The van der Waals surface area contributed by atoms with Gasteiger partial charge in [0.1, 0.15) is 6.04 Å². The molecule has 0 aliphatic rings. The number of carbonyl (C=O) groups is 1. The first-order chi connectivity index (χ1) is 11.2. The largest absolute Gasteiger partial charge is 0.394 e. The lowest BCUT2D eigenvalue weighted by Crippen LogP contribution is -2.44. The Morgan fingerprint density at radius 2 is 1.65 bits per heavy atom. The molecule has 122 valence electrons. The van der Waals surface area contributed by atoms with E-state index in [9.17, 15) is 9.90 Å². The minimum atomic E-state index is -0.581. The van der Waals surface area contributed by atoms with Gasteiger partial charge in [0.25, 0.3) is 0 Å². The molecule has 0 saturated carbocycles. The molecular weight excluding hydrogens is 288 g/mol. The summed E-state index contributed by atoms with van der Waals surface area (Å²) in [5.74, 6) is 0.135. The number of carbonyl (C=O) groups excluding carboxylic acids is 1. The van der Waals surface area contributed by atoms with E-state index >= 15 is 0 Å². The molecule has 0 aliphatic heterocycles. The number of hydrogen-bond acceptors (Lipinski definition) is 3. The van der Waals surface area contributed by atoms with Crippen LogP contribution in [0, 0.1) is 0 Å². The zero-order valence-corrected chi connectivity index (χ0v) is 13.6. The summed E-state index contributed by atoms with van der Waals surface area (Å²) in [6.07, 6.45) is 0. The molecule has 2 aromatic rings. The molecule has 0 heterocycles. The van der Waals surface area contributed by atoms with E-state index < -0.39 is 6.04 Å². The van der Waals surface area contributed by atoms with E-state index in [4.69, 9.17) is 0 Å². The SMILES string of the molecule is CNC(=O)[C@H](CO)NCc1ccc(C(C)c2ccccc2)cc1. The number of likely N-dealkylation sites (N-methyl/N-ethyl adjacent to an activating group) is 1. The van der Waals surface area contributed by atoms with Gasteiger partial charge in [0, 0.05) is 19.5 Å². The lowest BCUT2D eigenvalue weighted by Gasteiger charge is -2.16. The topological polar surface area (TPSA) is 61.4 Å². The van der Waals surface area contributed by atoms with Gasteiger partial charge in [-0.25, -0.2) is 0 Å². The quantitative estimate of drug-likeness (QED) is 0.733. The number of benzene rings is 2. The average Bonchev–Trinajstić information content (AvgIpc) is 2.62. The lowest BCUT2D eigenvalue weighted by molar-refractivity contribution is -0.123. The van der Waals surface area contributed by atoms with Gasteiger partial charge in [-0.05, 0) is 16.7 Å². The normalized spacial score (nSPS) is 13.3. The zero-order chi connectivity index (χ0) is 16.7. The van der Waals surface area contributed by atoms with Gasteiger partial charge in [-0.1, -0.05) is 61.5 Å². The number of nitrogens with one attached hydrogen (secondary N) is 2. The number of hydrogen-bond donors (Lipinski definition) is 3. The summed E-state index contributed by atoms with van der Waals surface area (Å²) >= 11 is 0. The van der Waals surface area contributed by atoms with Gasteiger partial charge in [-0.3, -0.25) is 10.1 Å². The summed E-state index contributed by atoms with van der Waals surface area (Å²) in [5.41, 5.74) is 3.62. The van der Waals surface area contributed by atoms with Crippen LogP contribution in [0.3, 0.4) is 0 Å². The van der Waals surface area contributed by atoms with Crippen LogP contribution in [0.2, 0.25) is 0 Å². The highest BCUT2D eigenvalue weighted by Gasteiger charge is 2.15. The summed E-state index contributed by atoms with van der Waals surface area (Å²) < 4.78 is 0. The molecule has 2 rings (SSSR count). The Morgan fingerprint density at radius 1 is 1.04 bits per heavy atom. The molecule has 0 bridgehead atoms. The highest BCUT2D eigenvalue weighted by Crippen LogP contribution is 2.23. The van der Waals surface area contributed by atoms with Crippen molar-refractivity contribution in [1.29, 1.82) is 0 Å². The fourth-order valence-electron chi connectivity index (χ4n) is 2.51. The predicted octanol–water partition coefficient (Wildman–Crippen LogP) is 2.03. The Morgan fingerprint density at radius 3 is 2.22 bits per heavy atom. The van der Waals surface area contributed by atoms with Crippen LogP contribution in [0.1, 0.15) is 29.5 Å². The van der Waals surface area contributed by atoms with Crippen LogP contribution in [-0.4, -0.2) is 30.7 Å². The van der Waals surface area contributed by atoms with Crippen molar-refractivity contribution in [2.24, 2.45) is 0 Å². The fraction of sp³-hybridized carbons (Fsp3) is 0.316. The molecule has 4 nitrogen and oxygen atoms in total. The van der Waals surface area contributed by atoms with Crippen LogP contribution in [-0.2, 0) is 11.3 Å². The van der Waals surface area contributed by atoms with Crippen LogP contribution < -0.4 is 10.6 Å². The highest BCUT2D eigenvalue weighted by molar-refractivity contribution is 5.81. The van der Waals surface area contributed by atoms with Crippen LogP contribution in [0.4, 0.5) is 0 Å². The van der Waals surface area contributed by atoms with Crippen molar-refractivity contribution in [1.82, 2.24) is 10.6 Å². The van der Waals surface area contributed by atoms with Gasteiger partial charge < -0.3 is 10.4 Å². The Balaban J connectivity index is 1.98. The number of rotatable bonds is 7. The van der Waals surface area contributed by atoms with Gasteiger partial charge >= 0.3 is 0 Å². The Hall–Kier alpha value is -2.17. The third kappa shape index (κ3) is 4.65. The first-order valence-electron chi connectivity index (χ1n) is 7.85. The molecule has 4 heteroatoms. The number of amides is 1. The predicted molar refractivity (Wildman–Crippen MR) is 92.2 cm³/mol. The second kappa shape index (κ2) is 8.46. The summed E-state index contributed by atoms with van der Waals surface area (Å²) in [4.78, 5) is 11.5. The lowest BCUT2D eigenvalue weighted by atomic mass is 9.92. The second-order valence-corrected chi connectivity index (χ2v) is 5.60. The molecular formula is C19H24N2O2. The molecule has 0 saturated heterocycles. The van der Waals surface area contributed by atoms with E-state index in [0.717, 1.165) is 5.56 Å². The minimum Gasteiger partial charge on any atom is -0.394 e. The smallest absolute Gasteiger partial charge is 0.239 e. The highest BCUT2D eigenvalue weighted by atomic mass is 16.3. The summed E-state index contributed by atoms with van der Waals surface area (Å²) in [5, 5.41) is 14.8. The Labute approximate surface area is 137 Å². The Kier molecular flexibility index (Phi) is 6.32. The maximum Gasteiger partial charge on any atom is 0.239 e. The summed E-state index contributed by atoms with van der Waals surface area (Å²) in [6.45, 7) is 2.51. The first kappa shape index (κ1) is 17.2. The molecule has 23 heavy (non-hydrogen) atoms. The van der Waals surface area contributed by atoms with Crippen molar-refractivity contribution in [2.75, 3.05) is 13.7 Å². The van der Waals surface area contributed by atoms with Crippen LogP contribution in [0.5, 0.6) is 0 Å². The molecule has 1 amide bonds. The molecule has 3 N–H and O–H groups in total. The van der Waals surface area contributed by atoms with Crippen LogP contribution >= 0.6 is 0 Å². The number of aliphatic hydroxyl groups is 1.